The molecule has 0 aromatic carbocycles. The number of hydrogen-bond donors (Lipinski definition) is 2. The van der Waals surface area contributed by atoms with E-state index < -0.39 is 18.0 Å². The van der Waals surface area contributed by atoms with E-state index in [0.717, 1.165) is 5.56 Å². The fraction of sp³-hybridized carbons (Fsp3) is 0.526. The van der Waals surface area contributed by atoms with Gasteiger partial charge >= 0.3 is 5.97 Å². The number of hydrogen-bond acceptors (Lipinski definition) is 8. The molecule has 0 radical (unpaired) electrons. The number of pyridine rings is 1. The molecule has 0 saturated carbocycles. The van der Waals surface area contributed by atoms with Gasteiger partial charge in [0.1, 0.15) is 0 Å². The van der Waals surface area contributed by atoms with Gasteiger partial charge < -0.3 is 24.5 Å². The molecule has 1 amide bonds. The van der Waals surface area contributed by atoms with Gasteiger partial charge in [-0.05, 0) is 29.6 Å². The van der Waals surface area contributed by atoms with Gasteiger partial charge in [0.05, 0.1) is 5.92 Å². The Morgan fingerprint density at radius 2 is 1.83 bits per heavy atom. The molecule has 10 nitrogen and oxygen atoms in total. The second-order valence-electron chi connectivity index (χ2n) is 7.47. The number of piperazine rings is 1. The summed E-state index contributed by atoms with van der Waals surface area (Å²) < 4.78 is 5.31. The van der Waals surface area contributed by atoms with E-state index in [1.807, 2.05) is 18.7 Å². The van der Waals surface area contributed by atoms with E-state index in [1.54, 1.807) is 29.4 Å². The quantitative estimate of drug-likeness (QED) is 0.691. The van der Waals surface area contributed by atoms with Gasteiger partial charge in [0.25, 0.3) is 11.8 Å². The van der Waals surface area contributed by atoms with Crippen molar-refractivity contribution in [3.8, 4) is 11.5 Å². The number of aromatic nitrogens is 3. The molecule has 2 aromatic rings. The molecule has 2 atom stereocenters. The second kappa shape index (κ2) is 8.99. The maximum Gasteiger partial charge on any atom is 0.333 e. The zero-order valence-electron chi connectivity index (χ0n) is 16.4. The first kappa shape index (κ1) is 20.7. The van der Waals surface area contributed by atoms with Gasteiger partial charge in [-0.25, -0.2) is 4.79 Å². The summed E-state index contributed by atoms with van der Waals surface area (Å²) in [4.78, 5) is 35.9. The van der Waals surface area contributed by atoms with Crippen LogP contribution in [0.4, 0.5) is 5.95 Å². The Hall–Kier alpha value is -3.01. The number of amides is 1. The minimum Gasteiger partial charge on any atom is -0.479 e. The van der Waals surface area contributed by atoms with Gasteiger partial charge in [-0.2, -0.15) is 4.98 Å². The maximum absolute atomic E-state index is 12.8. The van der Waals surface area contributed by atoms with Crippen LogP contribution in [0, 0.1) is 11.8 Å². The first-order valence-corrected chi connectivity index (χ1v) is 9.55. The lowest BCUT2D eigenvalue weighted by Crippen LogP contribution is -2.53. The normalized spacial score (nSPS) is 16.7. The second-order valence-corrected chi connectivity index (χ2v) is 7.47. The number of anilines is 1. The Bertz CT molecular complexity index is 833. The highest BCUT2D eigenvalue weighted by molar-refractivity contribution is 5.86. The van der Waals surface area contributed by atoms with Crippen molar-refractivity contribution in [2.45, 2.75) is 26.4 Å². The summed E-state index contributed by atoms with van der Waals surface area (Å²) in [6, 6.07) is 3.55. The summed E-state index contributed by atoms with van der Waals surface area (Å²) >= 11 is 0. The zero-order chi connectivity index (χ0) is 21.0. The van der Waals surface area contributed by atoms with Crippen LogP contribution in [0.25, 0.3) is 11.5 Å². The van der Waals surface area contributed by atoms with Crippen LogP contribution in [0.2, 0.25) is 0 Å². The molecule has 1 saturated heterocycles. The number of carboxylic acids is 1. The van der Waals surface area contributed by atoms with Crippen LogP contribution < -0.4 is 4.90 Å². The van der Waals surface area contributed by atoms with Crippen LogP contribution >= 0.6 is 0 Å². The first-order chi connectivity index (χ1) is 13.9. The predicted molar refractivity (Wildman–Crippen MR) is 103 cm³/mol. The summed E-state index contributed by atoms with van der Waals surface area (Å²) in [5.74, 6) is -1.75. The van der Waals surface area contributed by atoms with E-state index in [-0.39, 0.29) is 11.8 Å². The summed E-state index contributed by atoms with van der Waals surface area (Å²) in [5.41, 5.74) is 0.770. The third kappa shape index (κ3) is 4.89. The summed E-state index contributed by atoms with van der Waals surface area (Å²) in [7, 11) is 0. The molecule has 2 aromatic heterocycles. The molecule has 1 aliphatic rings. The first-order valence-electron chi connectivity index (χ1n) is 9.55. The van der Waals surface area contributed by atoms with Crippen molar-refractivity contribution in [3.05, 3.63) is 24.5 Å². The van der Waals surface area contributed by atoms with E-state index >= 15 is 0 Å². The Kier molecular flexibility index (Phi) is 6.42. The summed E-state index contributed by atoms with van der Waals surface area (Å²) in [6.07, 6.45) is 1.89. The molecule has 0 spiro atoms. The van der Waals surface area contributed by atoms with Gasteiger partial charge in [0, 0.05) is 44.1 Å². The average Bonchev–Trinajstić information content (AvgIpc) is 3.22. The standard InChI is InChI=1S/C19H25N5O5/c1-12(2)11-14(15(25)18(27)28)17(26)23-7-9-24(10-8-23)19-21-16(29-22-19)13-3-5-20-6-4-13/h3-6,12,14-15,25H,7-11H2,1-2H3,(H,27,28)/t14-,15-/m0/s1. The lowest BCUT2D eigenvalue weighted by atomic mass is 9.90. The van der Waals surface area contributed by atoms with Crippen molar-refractivity contribution in [2.75, 3.05) is 31.1 Å². The van der Waals surface area contributed by atoms with E-state index in [0.29, 0.717) is 44.4 Å². The molecule has 0 bridgehead atoms. The molecule has 1 aliphatic heterocycles. The van der Waals surface area contributed by atoms with E-state index in [1.165, 1.54) is 0 Å². The third-order valence-electron chi connectivity index (χ3n) is 4.89. The molecular weight excluding hydrogens is 378 g/mol. The number of aliphatic hydroxyl groups is 1. The molecule has 0 aliphatic carbocycles. The Morgan fingerprint density at radius 3 is 2.41 bits per heavy atom. The number of aliphatic carboxylic acids is 1. The molecule has 1 fully saturated rings. The lowest BCUT2D eigenvalue weighted by Gasteiger charge is -2.36. The van der Waals surface area contributed by atoms with Crippen LogP contribution in [-0.4, -0.2) is 74.4 Å². The minimum absolute atomic E-state index is 0.0881. The smallest absolute Gasteiger partial charge is 0.333 e. The van der Waals surface area contributed by atoms with E-state index in [4.69, 9.17) is 9.63 Å². The topological polar surface area (TPSA) is 133 Å². The fourth-order valence-corrected chi connectivity index (χ4v) is 3.36. The average molecular weight is 403 g/mol. The minimum atomic E-state index is -1.71. The predicted octanol–water partition coefficient (Wildman–Crippen LogP) is 0.888. The molecule has 156 valence electrons. The number of carbonyl (C=O) groups is 2. The van der Waals surface area contributed by atoms with Gasteiger partial charge in [0.2, 0.25) is 5.91 Å². The number of aliphatic hydroxyl groups excluding tert-OH is 1. The zero-order valence-corrected chi connectivity index (χ0v) is 16.4. The number of carboxylic acid groups (broad SMARTS) is 1. The molecule has 0 unspecified atom stereocenters. The fourth-order valence-electron chi connectivity index (χ4n) is 3.36. The van der Waals surface area contributed by atoms with Crippen molar-refractivity contribution < 1.29 is 24.3 Å². The third-order valence-corrected chi connectivity index (χ3v) is 4.89. The van der Waals surface area contributed by atoms with E-state index in [9.17, 15) is 14.7 Å². The highest BCUT2D eigenvalue weighted by Gasteiger charge is 2.36. The molecule has 3 heterocycles. The SMILES string of the molecule is CC(C)C[C@H](C(=O)N1CCN(c2noc(-c3ccncc3)n2)CC1)[C@H](O)C(=O)O. The van der Waals surface area contributed by atoms with Crippen LogP contribution in [-0.2, 0) is 9.59 Å². The number of rotatable bonds is 7. The van der Waals surface area contributed by atoms with Crippen molar-refractivity contribution in [2.24, 2.45) is 11.8 Å². The van der Waals surface area contributed by atoms with Crippen LogP contribution in [0.15, 0.2) is 29.0 Å². The highest BCUT2D eigenvalue weighted by Crippen LogP contribution is 2.23. The van der Waals surface area contributed by atoms with Crippen LogP contribution in [0.1, 0.15) is 20.3 Å². The molecule has 2 N–H and O–H groups in total. The molecular formula is C19H25N5O5. The Morgan fingerprint density at radius 1 is 1.17 bits per heavy atom. The number of carbonyl (C=O) groups excluding carboxylic acids is 1. The lowest BCUT2D eigenvalue weighted by molar-refractivity contribution is -0.157. The monoisotopic (exact) mass is 403 g/mol. The van der Waals surface area contributed by atoms with Crippen molar-refractivity contribution in [1.82, 2.24) is 20.0 Å². The van der Waals surface area contributed by atoms with Crippen LogP contribution in [0.5, 0.6) is 0 Å². The van der Waals surface area contributed by atoms with Crippen molar-refractivity contribution in [1.29, 1.82) is 0 Å². The number of nitrogens with zero attached hydrogens (tertiary/aromatic N) is 5. The van der Waals surface area contributed by atoms with Gasteiger partial charge in [-0.3, -0.25) is 9.78 Å². The van der Waals surface area contributed by atoms with E-state index in [2.05, 4.69) is 15.1 Å². The van der Waals surface area contributed by atoms with Gasteiger partial charge in [-0.1, -0.05) is 13.8 Å². The Balaban J connectivity index is 1.63. The summed E-state index contributed by atoms with van der Waals surface area (Å²) in [6.45, 7) is 5.53. The highest BCUT2D eigenvalue weighted by atomic mass is 16.5. The molecule has 10 heteroatoms. The van der Waals surface area contributed by atoms with Crippen molar-refractivity contribution >= 4 is 17.8 Å². The van der Waals surface area contributed by atoms with Gasteiger partial charge in [-0.15, -0.1) is 0 Å². The van der Waals surface area contributed by atoms with Crippen molar-refractivity contribution in [3.63, 3.8) is 0 Å². The molecule has 29 heavy (non-hydrogen) atoms. The largest absolute Gasteiger partial charge is 0.479 e. The Labute approximate surface area is 168 Å². The molecule has 3 rings (SSSR count). The van der Waals surface area contributed by atoms with Gasteiger partial charge in [0.15, 0.2) is 6.10 Å². The maximum atomic E-state index is 12.8. The van der Waals surface area contributed by atoms with Crippen LogP contribution in [0.3, 0.4) is 0 Å². The summed E-state index contributed by atoms with van der Waals surface area (Å²) in [5, 5.41) is 23.1.